The lowest BCUT2D eigenvalue weighted by Crippen LogP contribution is -2.15. The Morgan fingerprint density at radius 3 is 2.73 bits per heavy atom. The van der Waals surface area contributed by atoms with Crippen LogP contribution in [0.1, 0.15) is 37.0 Å². The predicted molar refractivity (Wildman–Crippen MR) is 85.0 cm³/mol. The Morgan fingerprint density at radius 2 is 2.09 bits per heavy atom. The molecule has 0 saturated carbocycles. The van der Waals surface area contributed by atoms with Crippen molar-refractivity contribution in [3.63, 3.8) is 0 Å². The molecule has 0 aliphatic rings. The Hall–Kier alpha value is -1.83. The van der Waals surface area contributed by atoms with Crippen LogP contribution >= 0.6 is 11.8 Å². The predicted octanol–water partition coefficient (Wildman–Crippen LogP) is 2.72. The average Bonchev–Trinajstić information content (AvgIpc) is 3.00. The number of carbonyl (C=O) groups excluding carboxylic acids is 1. The molecule has 2 rings (SSSR count). The van der Waals surface area contributed by atoms with Crippen LogP contribution < -0.4 is 5.32 Å². The first-order chi connectivity index (χ1) is 10.5. The van der Waals surface area contributed by atoms with E-state index in [2.05, 4.69) is 38.9 Å². The summed E-state index contributed by atoms with van der Waals surface area (Å²) in [6.45, 7) is 8.83. The molecule has 120 valence electrons. The highest BCUT2D eigenvalue weighted by atomic mass is 32.2. The lowest BCUT2D eigenvalue weighted by atomic mass is 10.3. The molecule has 0 radical (unpaired) electrons. The largest absolute Gasteiger partial charge is 0.328 e. The lowest BCUT2D eigenvalue weighted by Gasteiger charge is -2.08. The Kier molecular flexibility index (Phi) is 5.59. The number of aryl methyl sites for hydroxylation is 2. The average molecular weight is 323 g/mol. The number of nitrogens with zero attached hydrogens (tertiary/aromatic N) is 4. The van der Waals surface area contributed by atoms with Crippen LogP contribution in [0.3, 0.4) is 0 Å². The van der Waals surface area contributed by atoms with Gasteiger partial charge in [0, 0.05) is 12.2 Å². The van der Waals surface area contributed by atoms with Crippen molar-refractivity contribution in [1.82, 2.24) is 19.7 Å². The van der Waals surface area contributed by atoms with Crippen molar-refractivity contribution in [1.29, 1.82) is 0 Å². The van der Waals surface area contributed by atoms with Gasteiger partial charge in [0.05, 0.1) is 11.4 Å². The molecule has 0 aromatic carbocycles. The molecule has 0 fully saturated rings. The van der Waals surface area contributed by atoms with E-state index >= 15 is 0 Å². The minimum absolute atomic E-state index is 0.129. The Bertz CT molecular complexity index is 650. The molecular weight excluding hydrogens is 302 g/mol. The van der Waals surface area contributed by atoms with Crippen LogP contribution in [0.25, 0.3) is 0 Å². The second kappa shape index (κ2) is 7.44. The summed E-state index contributed by atoms with van der Waals surface area (Å²) < 4.78 is 7.04. The number of anilines is 1. The molecule has 0 aliphatic heterocycles. The quantitative estimate of drug-likeness (QED) is 0.789. The first-order valence-electron chi connectivity index (χ1n) is 7.28. The van der Waals surface area contributed by atoms with Crippen LogP contribution in [0.4, 0.5) is 6.01 Å². The van der Waals surface area contributed by atoms with Crippen molar-refractivity contribution in [3.05, 3.63) is 17.2 Å². The van der Waals surface area contributed by atoms with Crippen molar-refractivity contribution < 1.29 is 9.32 Å². The highest BCUT2D eigenvalue weighted by Crippen LogP contribution is 2.22. The third-order valence-corrected chi connectivity index (χ3v) is 4.24. The molecule has 0 atom stereocenters. The molecule has 0 aliphatic carbocycles. The van der Waals surface area contributed by atoms with E-state index in [-0.39, 0.29) is 17.7 Å². The molecule has 0 saturated heterocycles. The number of imidazole rings is 1. The summed E-state index contributed by atoms with van der Waals surface area (Å²) >= 11 is 1.42. The van der Waals surface area contributed by atoms with Crippen LogP contribution in [0, 0.1) is 20.8 Å². The fourth-order valence-electron chi connectivity index (χ4n) is 1.95. The maximum atomic E-state index is 11.9. The third kappa shape index (κ3) is 4.09. The highest BCUT2D eigenvalue weighted by Gasteiger charge is 2.14. The monoisotopic (exact) mass is 323 g/mol. The van der Waals surface area contributed by atoms with Crippen molar-refractivity contribution in [2.24, 2.45) is 0 Å². The SMILES string of the molecule is CCCCn1c(SCC(=O)Nc2nc(C)no2)nc(C)c1C. The molecule has 2 heterocycles. The van der Waals surface area contributed by atoms with E-state index < -0.39 is 0 Å². The summed E-state index contributed by atoms with van der Waals surface area (Å²) in [5, 5.41) is 7.08. The van der Waals surface area contributed by atoms with Gasteiger partial charge >= 0.3 is 6.01 Å². The summed E-state index contributed by atoms with van der Waals surface area (Å²) in [6, 6.07) is 0.129. The molecule has 0 unspecified atom stereocenters. The van der Waals surface area contributed by atoms with E-state index in [0.29, 0.717) is 5.82 Å². The van der Waals surface area contributed by atoms with Gasteiger partial charge in [0.2, 0.25) is 5.91 Å². The second-order valence-corrected chi connectivity index (χ2v) is 6.00. The summed E-state index contributed by atoms with van der Waals surface area (Å²) in [5.74, 6) is 0.557. The van der Waals surface area contributed by atoms with Gasteiger partial charge in [0.15, 0.2) is 11.0 Å². The minimum atomic E-state index is -0.186. The second-order valence-electron chi connectivity index (χ2n) is 5.05. The molecule has 1 N–H and O–H groups in total. The summed E-state index contributed by atoms with van der Waals surface area (Å²) in [4.78, 5) is 20.4. The van der Waals surface area contributed by atoms with Crippen molar-refractivity contribution in [3.8, 4) is 0 Å². The third-order valence-electron chi connectivity index (χ3n) is 3.26. The molecule has 22 heavy (non-hydrogen) atoms. The summed E-state index contributed by atoms with van der Waals surface area (Å²) in [6.07, 6.45) is 2.22. The summed E-state index contributed by atoms with van der Waals surface area (Å²) in [5.41, 5.74) is 2.16. The van der Waals surface area contributed by atoms with E-state index in [1.807, 2.05) is 6.92 Å². The number of hydrogen-bond donors (Lipinski definition) is 1. The normalized spacial score (nSPS) is 10.9. The van der Waals surface area contributed by atoms with Gasteiger partial charge in [-0.05, 0) is 27.2 Å². The number of rotatable bonds is 7. The first kappa shape index (κ1) is 16.5. The number of hydrogen-bond acceptors (Lipinski definition) is 6. The molecular formula is C14H21N5O2S. The highest BCUT2D eigenvalue weighted by molar-refractivity contribution is 7.99. The van der Waals surface area contributed by atoms with Crippen LogP contribution in [0.15, 0.2) is 9.68 Å². The maximum Gasteiger partial charge on any atom is 0.328 e. The van der Waals surface area contributed by atoms with E-state index in [1.54, 1.807) is 6.92 Å². The van der Waals surface area contributed by atoms with Gasteiger partial charge in [0.1, 0.15) is 0 Å². The number of amides is 1. The molecule has 8 heteroatoms. The number of aromatic nitrogens is 4. The minimum Gasteiger partial charge on any atom is -0.323 e. The molecule has 2 aromatic rings. The van der Waals surface area contributed by atoms with Gasteiger partial charge in [0.25, 0.3) is 0 Å². The van der Waals surface area contributed by atoms with E-state index in [1.165, 1.54) is 11.8 Å². The molecule has 0 spiro atoms. The number of carbonyl (C=O) groups is 1. The van der Waals surface area contributed by atoms with E-state index in [0.717, 1.165) is 35.9 Å². The zero-order chi connectivity index (χ0) is 16.1. The number of unbranched alkanes of at least 4 members (excludes halogenated alkanes) is 1. The molecule has 1 amide bonds. The van der Waals surface area contributed by atoms with Crippen molar-refractivity contribution in [2.75, 3.05) is 11.1 Å². The number of nitrogens with one attached hydrogen (secondary N) is 1. The number of thioether (sulfide) groups is 1. The van der Waals surface area contributed by atoms with Crippen LogP contribution in [-0.4, -0.2) is 31.4 Å². The smallest absolute Gasteiger partial charge is 0.323 e. The van der Waals surface area contributed by atoms with Gasteiger partial charge in [-0.15, -0.1) is 0 Å². The van der Waals surface area contributed by atoms with Crippen LogP contribution in [0.5, 0.6) is 0 Å². The van der Waals surface area contributed by atoms with Gasteiger partial charge in [-0.25, -0.2) is 4.98 Å². The standard InChI is InChI=1S/C14H21N5O2S/c1-5-6-7-19-10(3)9(2)15-14(19)22-8-12(20)17-13-16-11(4)18-21-13/h5-8H2,1-4H3,(H,16,17,18,20). The molecule has 2 aromatic heterocycles. The Balaban J connectivity index is 1.95. The van der Waals surface area contributed by atoms with E-state index in [9.17, 15) is 4.79 Å². The zero-order valence-electron chi connectivity index (χ0n) is 13.3. The van der Waals surface area contributed by atoms with Crippen LogP contribution in [-0.2, 0) is 11.3 Å². The maximum absolute atomic E-state index is 11.9. The van der Waals surface area contributed by atoms with Gasteiger partial charge in [-0.2, -0.15) is 4.98 Å². The van der Waals surface area contributed by atoms with Crippen LogP contribution in [0.2, 0.25) is 0 Å². The molecule has 7 nitrogen and oxygen atoms in total. The summed E-state index contributed by atoms with van der Waals surface area (Å²) in [7, 11) is 0. The van der Waals surface area contributed by atoms with Gasteiger partial charge in [-0.1, -0.05) is 30.3 Å². The van der Waals surface area contributed by atoms with Crippen molar-refractivity contribution in [2.45, 2.75) is 52.2 Å². The topological polar surface area (TPSA) is 85.8 Å². The van der Waals surface area contributed by atoms with Gasteiger partial charge in [-0.3, -0.25) is 10.1 Å². The Labute approximate surface area is 133 Å². The van der Waals surface area contributed by atoms with E-state index in [4.69, 9.17) is 4.52 Å². The molecule has 0 bridgehead atoms. The zero-order valence-corrected chi connectivity index (χ0v) is 14.2. The fourth-order valence-corrected chi connectivity index (χ4v) is 2.86. The lowest BCUT2D eigenvalue weighted by molar-refractivity contribution is -0.114. The first-order valence-corrected chi connectivity index (χ1v) is 8.26. The fraction of sp³-hybridized carbons (Fsp3) is 0.571. The van der Waals surface area contributed by atoms with Gasteiger partial charge < -0.3 is 9.09 Å². The van der Waals surface area contributed by atoms with Crippen molar-refractivity contribution >= 4 is 23.7 Å². The Morgan fingerprint density at radius 1 is 1.32 bits per heavy atom.